The Kier molecular flexibility index (Phi) is 5.08. The number of aromatic hydroxyl groups is 2. The Morgan fingerprint density at radius 2 is 1.76 bits per heavy atom. The van der Waals surface area contributed by atoms with Gasteiger partial charge in [-0.1, -0.05) is 41.6 Å². The lowest BCUT2D eigenvalue weighted by Gasteiger charge is -2.06. The zero-order chi connectivity index (χ0) is 18.0. The molecule has 0 aliphatic carbocycles. The van der Waals surface area contributed by atoms with Gasteiger partial charge < -0.3 is 10.2 Å². The van der Waals surface area contributed by atoms with Gasteiger partial charge in [0.1, 0.15) is 0 Å². The third-order valence-electron chi connectivity index (χ3n) is 3.26. The van der Waals surface area contributed by atoms with Crippen LogP contribution in [-0.2, 0) is 4.79 Å². The number of hydrogen-bond acceptors (Lipinski definition) is 6. The molecule has 8 heteroatoms. The van der Waals surface area contributed by atoms with Crippen LogP contribution in [0.15, 0.2) is 52.5 Å². The van der Waals surface area contributed by atoms with Crippen molar-refractivity contribution in [3.63, 3.8) is 0 Å². The summed E-state index contributed by atoms with van der Waals surface area (Å²) in [7, 11) is 0. The number of thioether (sulfide) groups is 1. The second-order valence-corrected chi connectivity index (χ2v) is 7.15. The van der Waals surface area contributed by atoms with Crippen LogP contribution in [0.1, 0.15) is 11.1 Å². The number of phenolic OH excluding ortho intramolecular Hbond substituents is 2. The van der Waals surface area contributed by atoms with E-state index in [9.17, 15) is 15.0 Å². The quantitative estimate of drug-likeness (QED) is 0.359. The van der Waals surface area contributed by atoms with Gasteiger partial charge in [-0.2, -0.15) is 10.1 Å². The number of hydrazone groups is 1. The maximum atomic E-state index is 12.5. The molecular formula is C17H11ClN2O3S2. The maximum absolute atomic E-state index is 12.5. The van der Waals surface area contributed by atoms with Crippen molar-refractivity contribution < 1.29 is 15.0 Å². The normalized spacial score (nSPS) is 16.4. The molecule has 0 radical (unpaired) electrons. The van der Waals surface area contributed by atoms with Gasteiger partial charge in [0, 0.05) is 5.02 Å². The van der Waals surface area contributed by atoms with Crippen molar-refractivity contribution in [2.24, 2.45) is 5.10 Å². The fourth-order valence-electron chi connectivity index (χ4n) is 2.01. The van der Waals surface area contributed by atoms with E-state index in [4.69, 9.17) is 23.8 Å². The van der Waals surface area contributed by atoms with Crippen LogP contribution in [0.2, 0.25) is 5.02 Å². The zero-order valence-corrected chi connectivity index (χ0v) is 15.0. The summed E-state index contributed by atoms with van der Waals surface area (Å²) in [5.41, 5.74) is 1.35. The molecule has 1 aliphatic heterocycles. The molecule has 1 aliphatic rings. The molecule has 1 saturated heterocycles. The fourth-order valence-corrected chi connectivity index (χ4v) is 3.31. The third kappa shape index (κ3) is 4.01. The summed E-state index contributed by atoms with van der Waals surface area (Å²) in [5.74, 6) is -0.838. The number of halogens is 1. The Morgan fingerprint density at radius 1 is 1.08 bits per heavy atom. The molecule has 2 aromatic carbocycles. The summed E-state index contributed by atoms with van der Waals surface area (Å²) in [5, 5.41) is 24.8. The van der Waals surface area contributed by atoms with Gasteiger partial charge in [0.15, 0.2) is 15.8 Å². The number of rotatable bonds is 3. The van der Waals surface area contributed by atoms with Crippen LogP contribution in [0.3, 0.4) is 0 Å². The van der Waals surface area contributed by atoms with Gasteiger partial charge in [0.05, 0.1) is 11.1 Å². The predicted octanol–water partition coefficient (Wildman–Crippen LogP) is 3.99. The summed E-state index contributed by atoms with van der Waals surface area (Å²) >= 11 is 12.1. The molecule has 0 atom stereocenters. The Hall–Kier alpha value is -2.35. The van der Waals surface area contributed by atoms with Crippen molar-refractivity contribution in [2.45, 2.75) is 0 Å². The summed E-state index contributed by atoms with van der Waals surface area (Å²) in [6, 6.07) is 11.3. The zero-order valence-electron chi connectivity index (χ0n) is 12.6. The van der Waals surface area contributed by atoms with E-state index in [1.165, 1.54) is 18.3 Å². The SMILES string of the molecule is O=C1/C(=C\c2ccc(O)c(O)c2)SC(=S)N1/N=C/c1ccc(Cl)cc1. The lowest BCUT2D eigenvalue weighted by molar-refractivity contribution is -0.122. The number of thiocarbonyl (C=S) groups is 1. The number of benzene rings is 2. The van der Waals surface area contributed by atoms with Crippen LogP contribution >= 0.6 is 35.6 Å². The average molecular weight is 391 g/mol. The smallest absolute Gasteiger partial charge is 0.286 e. The minimum atomic E-state index is -0.354. The van der Waals surface area contributed by atoms with Gasteiger partial charge in [-0.05, 0) is 53.7 Å². The molecule has 0 bridgehead atoms. The van der Waals surface area contributed by atoms with Crippen LogP contribution in [0, 0.1) is 0 Å². The van der Waals surface area contributed by atoms with Crippen molar-refractivity contribution in [3.05, 3.63) is 63.5 Å². The number of carbonyl (C=O) groups excluding carboxylic acids is 1. The standard InChI is InChI=1S/C17H11ClN2O3S2/c18-12-4-1-10(2-5-12)9-19-20-16(23)15(25-17(20)24)8-11-3-6-13(21)14(22)7-11/h1-9,21-22H/b15-8+,19-9+. The monoisotopic (exact) mass is 390 g/mol. The Balaban J connectivity index is 1.80. The van der Waals surface area contributed by atoms with Crippen LogP contribution in [0.25, 0.3) is 6.08 Å². The molecule has 2 N–H and O–H groups in total. The predicted molar refractivity (Wildman–Crippen MR) is 104 cm³/mol. The third-order valence-corrected chi connectivity index (χ3v) is 4.80. The second kappa shape index (κ2) is 7.26. The molecule has 126 valence electrons. The van der Waals surface area contributed by atoms with E-state index in [0.717, 1.165) is 22.3 Å². The van der Waals surface area contributed by atoms with Crippen LogP contribution < -0.4 is 0 Å². The second-order valence-electron chi connectivity index (χ2n) is 5.04. The molecule has 25 heavy (non-hydrogen) atoms. The number of nitrogens with zero attached hydrogens (tertiary/aromatic N) is 2. The highest BCUT2D eigenvalue weighted by Gasteiger charge is 2.32. The first-order valence-corrected chi connectivity index (χ1v) is 8.64. The van der Waals surface area contributed by atoms with Crippen molar-refractivity contribution in [1.82, 2.24) is 5.01 Å². The minimum absolute atomic E-state index is 0.225. The Morgan fingerprint density at radius 3 is 2.44 bits per heavy atom. The molecule has 5 nitrogen and oxygen atoms in total. The van der Waals surface area contributed by atoms with Crippen molar-refractivity contribution in [3.8, 4) is 11.5 Å². The van der Waals surface area contributed by atoms with E-state index < -0.39 is 0 Å². The first kappa shape index (κ1) is 17.5. The molecule has 1 fully saturated rings. The number of phenols is 2. The Bertz CT molecular complexity index is 911. The minimum Gasteiger partial charge on any atom is -0.504 e. The lowest BCUT2D eigenvalue weighted by atomic mass is 10.2. The molecule has 1 heterocycles. The summed E-state index contributed by atoms with van der Waals surface area (Å²) in [6.07, 6.45) is 3.10. The van der Waals surface area contributed by atoms with Crippen molar-refractivity contribution >= 4 is 58.1 Å². The van der Waals surface area contributed by atoms with Crippen LogP contribution in [0.5, 0.6) is 11.5 Å². The first-order chi connectivity index (χ1) is 11.9. The molecule has 3 rings (SSSR count). The molecule has 0 unspecified atom stereocenters. The number of hydrogen-bond donors (Lipinski definition) is 2. The largest absolute Gasteiger partial charge is 0.504 e. The average Bonchev–Trinajstić information content (AvgIpc) is 2.84. The van der Waals surface area contributed by atoms with E-state index in [0.29, 0.717) is 19.8 Å². The van der Waals surface area contributed by atoms with Crippen molar-refractivity contribution in [1.29, 1.82) is 0 Å². The summed E-state index contributed by atoms with van der Waals surface area (Å²) < 4.78 is 0.310. The topological polar surface area (TPSA) is 73.1 Å². The van der Waals surface area contributed by atoms with Gasteiger partial charge in [-0.15, -0.1) is 0 Å². The highest BCUT2D eigenvalue weighted by atomic mass is 35.5. The lowest BCUT2D eigenvalue weighted by Crippen LogP contribution is -2.22. The van der Waals surface area contributed by atoms with Gasteiger partial charge in [-0.25, -0.2) is 0 Å². The number of carbonyl (C=O) groups is 1. The van der Waals surface area contributed by atoms with Crippen LogP contribution in [-0.4, -0.2) is 31.7 Å². The number of amides is 1. The fraction of sp³-hybridized carbons (Fsp3) is 0. The molecule has 2 aromatic rings. The van der Waals surface area contributed by atoms with E-state index in [2.05, 4.69) is 5.10 Å². The molecule has 0 aromatic heterocycles. The van der Waals surface area contributed by atoms with Gasteiger partial charge >= 0.3 is 0 Å². The van der Waals surface area contributed by atoms with E-state index in [1.54, 1.807) is 36.4 Å². The summed E-state index contributed by atoms with van der Waals surface area (Å²) in [4.78, 5) is 12.8. The highest BCUT2D eigenvalue weighted by molar-refractivity contribution is 8.26. The molecule has 0 saturated carbocycles. The summed E-state index contributed by atoms with van der Waals surface area (Å²) in [6.45, 7) is 0. The van der Waals surface area contributed by atoms with Gasteiger partial charge in [-0.3, -0.25) is 4.79 Å². The highest BCUT2D eigenvalue weighted by Crippen LogP contribution is 2.34. The van der Waals surface area contributed by atoms with E-state index in [-0.39, 0.29) is 17.4 Å². The molecule has 1 amide bonds. The van der Waals surface area contributed by atoms with Gasteiger partial charge in [0.25, 0.3) is 5.91 Å². The maximum Gasteiger partial charge on any atom is 0.286 e. The Labute approximate surface area is 158 Å². The molecule has 0 spiro atoms. The van der Waals surface area contributed by atoms with Crippen LogP contribution in [0.4, 0.5) is 0 Å². The van der Waals surface area contributed by atoms with Crippen molar-refractivity contribution in [2.75, 3.05) is 0 Å². The van der Waals surface area contributed by atoms with Gasteiger partial charge in [0.2, 0.25) is 0 Å². The molecular weight excluding hydrogens is 380 g/mol. The van der Waals surface area contributed by atoms with E-state index in [1.807, 2.05) is 0 Å². The first-order valence-electron chi connectivity index (χ1n) is 7.03. The van der Waals surface area contributed by atoms with E-state index >= 15 is 0 Å².